The summed E-state index contributed by atoms with van der Waals surface area (Å²) in [6.07, 6.45) is 6.45. The third kappa shape index (κ3) is 2.55. The van der Waals surface area contributed by atoms with Crippen molar-refractivity contribution >= 4 is 31.5 Å². The predicted molar refractivity (Wildman–Crippen MR) is 99.5 cm³/mol. The monoisotopic (exact) mass is 307 g/mol. The maximum absolute atomic E-state index is 3.45. The van der Waals surface area contributed by atoms with E-state index in [1.54, 1.807) is 0 Å². The number of hydrogen-bond acceptors (Lipinski definition) is 2. The van der Waals surface area contributed by atoms with Gasteiger partial charge >= 0.3 is 0 Å². The van der Waals surface area contributed by atoms with E-state index in [2.05, 4.69) is 66.9 Å². The summed E-state index contributed by atoms with van der Waals surface area (Å²) in [4.78, 5) is 0. The maximum atomic E-state index is 3.45. The van der Waals surface area contributed by atoms with Gasteiger partial charge in [-0.1, -0.05) is 61.9 Å². The SMILES string of the molecule is CC.CC1=CC(c2cccc3c2sc2ccccc23)NC=C1. The van der Waals surface area contributed by atoms with Crippen LogP contribution in [0.5, 0.6) is 0 Å². The number of hydrogen-bond donors (Lipinski definition) is 1. The van der Waals surface area contributed by atoms with Gasteiger partial charge in [-0.15, -0.1) is 11.3 Å². The molecule has 0 saturated heterocycles. The Hall–Kier alpha value is -2.06. The van der Waals surface area contributed by atoms with Crippen LogP contribution < -0.4 is 5.32 Å². The highest BCUT2D eigenvalue weighted by Gasteiger charge is 2.15. The van der Waals surface area contributed by atoms with Gasteiger partial charge in [0.25, 0.3) is 0 Å². The molecule has 1 aromatic heterocycles. The summed E-state index contributed by atoms with van der Waals surface area (Å²) in [5.74, 6) is 0. The Morgan fingerprint density at radius 2 is 1.73 bits per heavy atom. The molecule has 0 aliphatic carbocycles. The molecule has 22 heavy (non-hydrogen) atoms. The lowest BCUT2D eigenvalue weighted by Crippen LogP contribution is -2.16. The van der Waals surface area contributed by atoms with E-state index in [9.17, 15) is 0 Å². The van der Waals surface area contributed by atoms with Crippen LogP contribution in [0.1, 0.15) is 32.4 Å². The third-order valence-electron chi connectivity index (χ3n) is 3.82. The van der Waals surface area contributed by atoms with Gasteiger partial charge in [0.05, 0.1) is 6.04 Å². The largest absolute Gasteiger partial charge is 0.381 e. The first-order valence-electron chi connectivity index (χ1n) is 7.84. The van der Waals surface area contributed by atoms with Gasteiger partial charge in [0.15, 0.2) is 0 Å². The summed E-state index contributed by atoms with van der Waals surface area (Å²) in [5.41, 5.74) is 2.68. The van der Waals surface area contributed by atoms with Crippen molar-refractivity contribution in [1.82, 2.24) is 5.32 Å². The van der Waals surface area contributed by atoms with Gasteiger partial charge in [-0.25, -0.2) is 0 Å². The standard InChI is InChI=1S/C18H15NS.C2H6/c1-12-9-10-19-16(11-12)15-7-4-6-14-13-5-2-3-8-17(13)20-18(14)15;1-2/h2-11,16,19H,1H3;1-2H3. The molecule has 4 rings (SSSR count). The van der Waals surface area contributed by atoms with Crippen molar-refractivity contribution in [2.45, 2.75) is 26.8 Å². The van der Waals surface area contributed by atoms with E-state index in [4.69, 9.17) is 0 Å². The van der Waals surface area contributed by atoms with Gasteiger partial charge in [-0.3, -0.25) is 0 Å². The first-order chi connectivity index (χ1) is 10.8. The van der Waals surface area contributed by atoms with Gasteiger partial charge in [-0.2, -0.15) is 0 Å². The fourth-order valence-electron chi connectivity index (χ4n) is 2.84. The Bertz CT molecular complexity index is 854. The zero-order chi connectivity index (χ0) is 15.5. The van der Waals surface area contributed by atoms with Gasteiger partial charge in [0, 0.05) is 20.2 Å². The van der Waals surface area contributed by atoms with Crippen LogP contribution in [0.4, 0.5) is 0 Å². The molecule has 0 amide bonds. The topological polar surface area (TPSA) is 12.0 Å². The van der Waals surface area contributed by atoms with E-state index in [-0.39, 0.29) is 6.04 Å². The van der Waals surface area contributed by atoms with Crippen LogP contribution in [0.25, 0.3) is 20.2 Å². The Morgan fingerprint density at radius 3 is 2.55 bits per heavy atom. The Labute approximate surface area is 136 Å². The van der Waals surface area contributed by atoms with Gasteiger partial charge < -0.3 is 5.32 Å². The van der Waals surface area contributed by atoms with E-state index < -0.39 is 0 Å². The summed E-state index contributed by atoms with van der Waals surface area (Å²) in [5, 5.41) is 6.18. The maximum Gasteiger partial charge on any atom is 0.0712 e. The molecule has 0 spiro atoms. The van der Waals surface area contributed by atoms with Crippen molar-refractivity contribution in [3.63, 3.8) is 0 Å². The molecule has 1 aliphatic heterocycles. The third-order valence-corrected chi connectivity index (χ3v) is 5.06. The predicted octanol–water partition coefficient (Wildman–Crippen LogP) is 6.19. The second kappa shape index (κ2) is 6.37. The smallest absolute Gasteiger partial charge is 0.0712 e. The Balaban J connectivity index is 0.000000693. The number of dihydropyridines is 1. The van der Waals surface area contributed by atoms with E-state index in [1.807, 2.05) is 31.4 Å². The quantitative estimate of drug-likeness (QED) is 0.565. The summed E-state index contributed by atoms with van der Waals surface area (Å²) in [6.45, 7) is 6.15. The van der Waals surface area contributed by atoms with Crippen molar-refractivity contribution in [2.24, 2.45) is 0 Å². The molecule has 0 saturated carbocycles. The van der Waals surface area contributed by atoms with Crippen LogP contribution in [0.3, 0.4) is 0 Å². The number of allylic oxidation sites excluding steroid dienone is 2. The summed E-state index contributed by atoms with van der Waals surface area (Å²) < 4.78 is 2.76. The van der Waals surface area contributed by atoms with Crippen LogP contribution in [0, 0.1) is 0 Å². The molecule has 1 N–H and O–H groups in total. The van der Waals surface area contributed by atoms with E-state index in [0.717, 1.165) is 0 Å². The lowest BCUT2D eigenvalue weighted by Gasteiger charge is -2.18. The van der Waals surface area contributed by atoms with E-state index in [0.29, 0.717) is 0 Å². The zero-order valence-electron chi connectivity index (χ0n) is 13.3. The van der Waals surface area contributed by atoms with Crippen molar-refractivity contribution in [2.75, 3.05) is 0 Å². The minimum Gasteiger partial charge on any atom is -0.381 e. The number of fused-ring (bicyclic) bond motifs is 3. The van der Waals surface area contributed by atoms with Gasteiger partial charge in [0.2, 0.25) is 0 Å². The molecule has 2 heteroatoms. The van der Waals surface area contributed by atoms with E-state index in [1.165, 1.54) is 31.3 Å². The summed E-state index contributed by atoms with van der Waals surface area (Å²) in [6, 6.07) is 15.6. The fraction of sp³-hybridized carbons (Fsp3) is 0.200. The second-order valence-corrected chi connectivity index (χ2v) is 6.26. The minimum atomic E-state index is 0.275. The highest BCUT2D eigenvalue weighted by Crippen LogP contribution is 2.38. The van der Waals surface area contributed by atoms with Gasteiger partial charge in [-0.05, 0) is 30.8 Å². The van der Waals surface area contributed by atoms with Crippen LogP contribution >= 0.6 is 11.3 Å². The second-order valence-electron chi connectivity index (χ2n) is 5.21. The first kappa shape index (κ1) is 14.9. The number of benzene rings is 2. The Kier molecular flexibility index (Phi) is 4.30. The molecule has 1 nitrogen and oxygen atoms in total. The molecule has 2 heterocycles. The van der Waals surface area contributed by atoms with Crippen molar-refractivity contribution < 1.29 is 0 Å². The van der Waals surface area contributed by atoms with Crippen LogP contribution in [0.15, 0.2) is 66.4 Å². The van der Waals surface area contributed by atoms with Gasteiger partial charge in [0.1, 0.15) is 0 Å². The zero-order valence-corrected chi connectivity index (χ0v) is 14.1. The van der Waals surface area contributed by atoms with Crippen LogP contribution in [-0.2, 0) is 0 Å². The normalized spacial score (nSPS) is 16.9. The molecule has 112 valence electrons. The number of nitrogens with one attached hydrogen (secondary N) is 1. The molecule has 1 aliphatic rings. The van der Waals surface area contributed by atoms with Crippen LogP contribution in [-0.4, -0.2) is 0 Å². The van der Waals surface area contributed by atoms with Crippen molar-refractivity contribution in [3.05, 3.63) is 72.0 Å². The lowest BCUT2D eigenvalue weighted by molar-refractivity contribution is 0.746. The molecular weight excluding hydrogens is 286 g/mol. The number of rotatable bonds is 1. The average molecular weight is 307 g/mol. The fourth-order valence-corrected chi connectivity index (χ4v) is 4.10. The molecule has 2 aromatic carbocycles. The van der Waals surface area contributed by atoms with E-state index >= 15 is 0 Å². The molecular formula is C20H21NS. The van der Waals surface area contributed by atoms with Crippen LogP contribution in [0.2, 0.25) is 0 Å². The lowest BCUT2D eigenvalue weighted by atomic mass is 10.00. The Morgan fingerprint density at radius 1 is 0.955 bits per heavy atom. The van der Waals surface area contributed by atoms with Crippen molar-refractivity contribution in [1.29, 1.82) is 0 Å². The molecule has 3 aromatic rings. The molecule has 1 unspecified atom stereocenters. The summed E-state index contributed by atoms with van der Waals surface area (Å²) >= 11 is 1.89. The first-order valence-corrected chi connectivity index (χ1v) is 8.66. The molecule has 0 bridgehead atoms. The average Bonchev–Trinajstić information content (AvgIpc) is 2.95. The van der Waals surface area contributed by atoms with Crippen molar-refractivity contribution in [3.8, 4) is 0 Å². The highest BCUT2D eigenvalue weighted by atomic mass is 32.1. The number of thiophene rings is 1. The molecule has 1 atom stereocenters. The molecule has 0 fully saturated rings. The highest BCUT2D eigenvalue weighted by molar-refractivity contribution is 7.26. The molecule has 0 radical (unpaired) electrons. The minimum absolute atomic E-state index is 0.275. The summed E-state index contributed by atoms with van der Waals surface area (Å²) in [7, 11) is 0.